The molecule has 1 aromatic heterocycles. The van der Waals surface area contributed by atoms with Crippen molar-refractivity contribution in [3.8, 4) is 5.75 Å². The van der Waals surface area contributed by atoms with Gasteiger partial charge in [0.05, 0.1) is 7.11 Å². The number of hydrogen-bond acceptors (Lipinski definition) is 3. The van der Waals surface area contributed by atoms with Gasteiger partial charge in [0.2, 0.25) is 0 Å². The van der Waals surface area contributed by atoms with E-state index in [1.165, 1.54) is 7.11 Å². The summed E-state index contributed by atoms with van der Waals surface area (Å²) in [7, 11) is 1.24. The molecule has 0 aliphatic carbocycles. The van der Waals surface area contributed by atoms with E-state index in [9.17, 15) is 13.6 Å². The fraction of sp³-hybridized carbons (Fsp3) is 0.375. The van der Waals surface area contributed by atoms with E-state index in [-0.39, 0.29) is 23.4 Å². The van der Waals surface area contributed by atoms with Crippen molar-refractivity contribution >= 4 is 0 Å². The van der Waals surface area contributed by atoms with E-state index < -0.39 is 12.0 Å². The normalized spacial score (nSPS) is 10.6. The van der Waals surface area contributed by atoms with Crippen LogP contribution >= 0.6 is 0 Å². The molecule has 14 heavy (non-hydrogen) atoms. The number of rotatable bonds is 3. The Balaban J connectivity index is 3.40. The van der Waals surface area contributed by atoms with Gasteiger partial charge in [0, 0.05) is 23.9 Å². The number of ether oxygens (including phenoxy) is 1. The molecule has 0 saturated carbocycles. The van der Waals surface area contributed by atoms with Crippen LogP contribution in [0.1, 0.15) is 17.6 Å². The molecule has 3 N–H and O–H groups in total. The van der Waals surface area contributed by atoms with Crippen LogP contribution in [-0.2, 0) is 6.54 Å². The van der Waals surface area contributed by atoms with Crippen LogP contribution in [-0.4, -0.2) is 12.1 Å². The first-order valence-corrected chi connectivity index (χ1v) is 3.88. The number of alkyl halides is 2. The summed E-state index contributed by atoms with van der Waals surface area (Å²) in [5.41, 5.74) is 4.46. The average Bonchev–Trinajstić information content (AvgIpc) is 2.16. The molecule has 1 aromatic rings. The molecule has 6 heteroatoms. The number of pyridine rings is 1. The first kappa shape index (κ1) is 10.6. The summed E-state index contributed by atoms with van der Waals surface area (Å²) < 4.78 is 29.6. The monoisotopic (exact) mass is 204 g/mol. The van der Waals surface area contributed by atoms with Gasteiger partial charge in [-0.2, -0.15) is 0 Å². The van der Waals surface area contributed by atoms with Crippen molar-refractivity contribution in [1.29, 1.82) is 0 Å². The van der Waals surface area contributed by atoms with Crippen molar-refractivity contribution in [3.05, 3.63) is 27.7 Å². The molecule has 0 radical (unpaired) electrons. The Labute approximate surface area is 78.7 Å². The van der Waals surface area contributed by atoms with E-state index in [4.69, 9.17) is 10.5 Å². The zero-order valence-corrected chi connectivity index (χ0v) is 7.51. The van der Waals surface area contributed by atoms with Gasteiger partial charge in [-0.25, -0.2) is 8.78 Å². The second-order valence-corrected chi connectivity index (χ2v) is 2.59. The van der Waals surface area contributed by atoms with Crippen LogP contribution in [0.3, 0.4) is 0 Å². The highest BCUT2D eigenvalue weighted by Crippen LogP contribution is 2.25. The number of hydrogen-bond donors (Lipinski definition) is 2. The van der Waals surface area contributed by atoms with E-state index in [1.54, 1.807) is 0 Å². The molecule has 0 aliphatic heterocycles. The highest BCUT2D eigenvalue weighted by atomic mass is 19.3. The summed E-state index contributed by atoms with van der Waals surface area (Å²) in [5, 5.41) is 0. The molecular weight excluding hydrogens is 194 g/mol. The molecule has 0 unspecified atom stereocenters. The predicted molar refractivity (Wildman–Crippen MR) is 46.5 cm³/mol. The fourth-order valence-electron chi connectivity index (χ4n) is 1.19. The molecule has 0 spiro atoms. The van der Waals surface area contributed by atoms with Gasteiger partial charge in [0.1, 0.15) is 0 Å². The van der Waals surface area contributed by atoms with Gasteiger partial charge in [-0.1, -0.05) is 0 Å². The molecule has 1 rings (SSSR count). The molecule has 4 nitrogen and oxygen atoms in total. The number of methoxy groups -OCH3 is 1. The maximum Gasteiger partial charge on any atom is 0.290 e. The lowest BCUT2D eigenvalue weighted by atomic mass is 10.1. The Morgan fingerprint density at radius 2 is 2.29 bits per heavy atom. The zero-order chi connectivity index (χ0) is 10.7. The smallest absolute Gasteiger partial charge is 0.290 e. The van der Waals surface area contributed by atoms with Crippen LogP contribution in [0.2, 0.25) is 0 Å². The van der Waals surface area contributed by atoms with Crippen molar-refractivity contribution in [3.63, 3.8) is 0 Å². The van der Waals surface area contributed by atoms with E-state index in [0.29, 0.717) is 0 Å². The second kappa shape index (κ2) is 4.19. The van der Waals surface area contributed by atoms with E-state index in [2.05, 4.69) is 4.98 Å². The molecule has 1 heterocycles. The molecule has 0 bridgehead atoms. The third-order valence-electron chi connectivity index (χ3n) is 1.83. The van der Waals surface area contributed by atoms with Crippen LogP contribution in [0.4, 0.5) is 8.78 Å². The Bertz CT molecular complexity index is 376. The number of nitrogens with two attached hydrogens (primary N) is 1. The third-order valence-corrected chi connectivity index (χ3v) is 1.83. The van der Waals surface area contributed by atoms with Gasteiger partial charge < -0.3 is 15.5 Å². The predicted octanol–water partition coefficient (Wildman–Crippen LogP) is 0.780. The van der Waals surface area contributed by atoms with Crippen LogP contribution in [0.15, 0.2) is 11.0 Å². The third kappa shape index (κ3) is 1.74. The topological polar surface area (TPSA) is 68.1 Å². The highest BCUT2D eigenvalue weighted by Gasteiger charge is 2.18. The maximum absolute atomic E-state index is 12.4. The molecule has 0 amide bonds. The van der Waals surface area contributed by atoms with Crippen LogP contribution in [0.5, 0.6) is 5.75 Å². The maximum atomic E-state index is 12.4. The second-order valence-electron chi connectivity index (χ2n) is 2.59. The fourth-order valence-corrected chi connectivity index (χ4v) is 1.19. The zero-order valence-electron chi connectivity index (χ0n) is 7.51. The van der Waals surface area contributed by atoms with Crippen molar-refractivity contribution < 1.29 is 13.5 Å². The molecule has 0 aromatic carbocycles. The lowest BCUT2D eigenvalue weighted by Gasteiger charge is -2.10. The highest BCUT2D eigenvalue weighted by molar-refractivity contribution is 5.37. The molecule has 0 saturated heterocycles. The van der Waals surface area contributed by atoms with Crippen molar-refractivity contribution in [2.75, 3.05) is 7.11 Å². The summed E-state index contributed by atoms with van der Waals surface area (Å²) in [6, 6.07) is 0. The summed E-state index contributed by atoms with van der Waals surface area (Å²) in [6.45, 7) is -0.160. The molecule has 0 fully saturated rings. The standard InChI is InChI=1S/C8H10F2N2O2/c1-14-6-4(2-11)5(7(9)10)3-12-8(6)13/h3,7H,2,11H2,1H3,(H,12,13). The minimum Gasteiger partial charge on any atom is -0.491 e. The lowest BCUT2D eigenvalue weighted by Crippen LogP contribution is -2.16. The average molecular weight is 204 g/mol. The first-order chi connectivity index (χ1) is 6.61. The Hall–Kier alpha value is -1.43. The first-order valence-electron chi connectivity index (χ1n) is 3.88. The number of nitrogens with one attached hydrogen (secondary N) is 1. The van der Waals surface area contributed by atoms with Crippen LogP contribution in [0, 0.1) is 0 Å². The summed E-state index contributed by atoms with van der Waals surface area (Å²) in [5.74, 6) is -0.148. The number of H-pyrrole nitrogens is 1. The summed E-state index contributed by atoms with van der Waals surface area (Å²) >= 11 is 0. The molecule has 0 atom stereocenters. The van der Waals surface area contributed by atoms with Crippen molar-refractivity contribution in [2.24, 2.45) is 5.73 Å². The number of aromatic nitrogens is 1. The van der Waals surface area contributed by atoms with Crippen molar-refractivity contribution in [1.82, 2.24) is 4.98 Å². The van der Waals surface area contributed by atoms with E-state index in [0.717, 1.165) is 6.20 Å². The van der Waals surface area contributed by atoms with Gasteiger partial charge in [-0.05, 0) is 0 Å². The Kier molecular flexibility index (Phi) is 3.19. The van der Waals surface area contributed by atoms with Crippen LogP contribution in [0.25, 0.3) is 0 Å². The SMILES string of the molecule is COc1c(CN)c(C(F)F)c[nH]c1=O. The van der Waals surface area contributed by atoms with Gasteiger partial charge >= 0.3 is 0 Å². The van der Waals surface area contributed by atoms with Gasteiger partial charge in [-0.15, -0.1) is 0 Å². The van der Waals surface area contributed by atoms with E-state index in [1.807, 2.05) is 0 Å². The van der Waals surface area contributed by atoms with Crippen LogP contribution < -0.4 is 16.0 Å². The number of aromatic amines is 1. The van der Waals surface area contributed by atoms with E-state index >= 15 is 0 Å². The van der Waals surface area contributed by atoms with Gasteiger partial charge in [0.25, 0.3) is 12.0 Å². The molecule has 0 aliphatic rings. The van der Waals surface area contributed by atoms with Crippen molar-refractivity contribution in [2.45, 2.75) is 13.0 Å². The Morgan fingerprint density at radius 1 is 1.64 bits per heavy atom. The largest absolute Gasteiger partial charge is 0.491 e. The number of halogens is 2. The quantitative estimate of drug-likeness (QED) is 0.764. The molecular formula is C8H10F2N2O2. The lowest BCUT2D eigenvalue weighted by molar-refractivity contribution is 0.149. The summed E-state index contributed by atoms with van der Waals surface area (Å²) in [4.78, 5) is 13.3. The van der Waals surface area contributed by atoms with Gasteiger partial charge in [-0.3, -0.25) is 4.79 Å². The molecule has 78 valence electrons. The summed E-state index contributed by atoms with van der Waals surface area (Å²) in [6.07, 6.45) is -1.73. The van der Waals surface area contributed by atoms with Gasteiger partial charge in [0.15, 0.2) is 5.75 Å². The minimum absolute atomic E-state index is 0.0475. The Morgan fingerprint density at radius 3 is 2.71 bits per heavy atom. The minimum atomic E-state index is -2.68.